The van der Waals surface area contributed by atoms with Gasteiger partial charge >= 0.3 is 0 Å². The Labute approximate surface area is 206 Å². The van der Waals surface area contributed by atoms with Crippen molar-refractivity contribution in [3.8, 4) is 11.3 Å². The first-order chi connectivity index (χ1) is 15.2. The zero-order valence-corrected chi connectivity index (χ0v) is 21.0. The molecule has 2 aromatic heterocycles. The second kappa shape index (κ2) is 11.8. The summed E-state index contributed by atoms with van der Waals surface area (Å²) in [6.07, 6.45) is 5.70. The first-order valence-electron chi connectivity index (χ1n) is 10.9. The first kappa shape index (κ1) is 24.0. The highest BCUT2D eigenvalue weighted by Gasteiger charge is 2.20. The summed E-state index contributed by atoms with van der Waals surface area (Å²) < 4.78 is 5.90. The molecule has 32 heavy (non-hydrogen) atoms. The number of nitrogens with zero attached hydrogens (tertiary/aromatic N) is 4. The van der Waals surface area contributed by atoms with E-state index in [1.807, 2.05) is 30.5 Å². The maximum Gasteiger partial charge on any atom is 0.216 e. The number of hydrogen-bond acceptors (Lipinski definition) is 5. The van der Waals surface area contributed by atoms with Gasteiger partial charge in [0.15, 0.2) is 11.7 Å². The van der Waals surface area contributed by atoms with Crippen molar-refractivity contribution in [3.63, 3.8) is 0 Å². The monoisotopic (exact) mass is 546 g/mol. The molecular weight excluding hydrogens is 515 g/mol. The molecule has 0 radical (unpaired) electrons. The number of pyridine rings is 1. The van der Waals surface area contributed by atoms with Crippen molar-refractivity contribution in [1.29, 1.82) is 0 Å². The molecule has 3 aromatic rings. The molecular formula is C24H31IN6O. The van der Waals surface area contributed by atoms with Gasteiger partial charge in [0, 0.05) is 37.4 Å². The number of oxazole rings is 1. The van der Waals surface area contributed by atoms with Gasteiger partial charge in [-0.3, -0.25) is 0 Å². The van der Waals surface area contributed by atoms with E-state index in [1.54, 1.807) is 6.20 Å². The van der Waals surface area contributed by atoms with E-state index >= 15 is 0 Å². The van der Waals surface area contributed by atoms with Crippen molar-refractivity contribution < 1.29 is 4.42 Å². The van der Waals surface area contributed by atoms with Crippen LogP contribution in [0.2, 0.25) is 0 Å². The molecule has 0 unspecified atom stereocenters. The maximum absolute atomic E-state index is 5.90. The van der Waals surface area contributed by atoms with Gasteiger partial charge in [0.1, 0.15) is 12.4 Å². The summed E-state index contributed by atoms with van der Waals surface area (Å²) in [6, 6.07) is 14.7. The molecule has 1 aliphatic rings. The Bertz CT molecular complexity index is 981. The largest absolute Gasteiger partial charge is 0.439 e. The Kier molecular flexibility index (Phi) is 8.90. The number of aromatic nitrogens is 2. The lowest BCUT2D eigenvalue weighted by Crippen LogP contribution is -2.48. The molecule has 4 rings (SSSR count). The average Bonchev–Trinajstić information content (AvgIpc) is 3.28. The van der Waals surface area contributed by atoms with Gasteiger partial charge in [-0.2, -0.15) is 0 Å². The van der Waals surface area contributed by atoms with Crippen molar-refractivity contribution in [1.82, 2.24) is 20.6 Å². The molecule has 0 bridgehead atoms. The van der Waals surface area contributed by atoms with Crippen LogP contribution in [-0.4, -0.2) is 41.6 Å². The number of guanidine groups is 1. The predicted octanol–water partition coefficient (Wildman–Crippen LogP) is 4.39. The molecule has 1 aliphatic heterocycles. The molecule has 8 heteroatoms. The Morgan fingerprint density at radius 3 is 2.59 bits per heavy atom. The lowest BCUT2D eigenvalue weighted by Gasteiger charge is -2.33. The van der Waals surface area contributed by atoms with E-state index in [4.69, 9.17) is 4.42 Å². The van der Waals surface area contributed by atoms with Gasteiger partial charge in [-0.15, -0.1) is 24.0 Å². The van der Waals surface area contributed by atoms with Gasteiger partial charge in [0.25, 0.3) is 0 Å². The second-order valence-electron chi connectivity index (χ2n) is 7.77. The molecule has 1 fully saturated rings. The van der Waals surface area contributed by atoms with Crippen LogP contribution in [0.4, 0.5) is 5.82 Å². The number of aliphatic imine (C=N–C) groups is 1. The van der Waals surface area contributed by atoms with Crippen LogP contribution >= 0.6 is 24.0 Å². The minimum atomic E-state index is 0. The highest BCUT2D eigenvalue weighted by Crippen LogP contribution is 2.21. The van der Waals surface area contributed by atoms with Crippen LogP contribution in [0.5, 0.6) is 0 Å². The summed E-state index contributed by atoms with van der Waals surface area (Å²) in [7, 11) is 0. The van der Waals surface area contributed by atoms with Crippen molar-refractivity contribution in [2.45, 2.75) is 39.3 Å². The summed E-state index contributed by atoms with van der Waals surface area (Å²) in [5.41, 5.74) is 2.25. The fourth-order valence-corrected chi connectivity index (χ4v) is 3.69. The van der Waals surface area contributed by atoms with Crippen molar-refractivity contribution in [2.75, 3.05) is 24.5 Å². The number of halogens is 1. The van der Waals surface area contributed by atoms with Crippen molar-refractivity contribution in [2.24, 2.45) is 4.99 Å². The van der Waals surface area contributed by atoms with Crippen LogP contribution in [0.3, 0.4) is 0 Å². The zero-order valence-electron chi connectivity index (χ0n) is 18.6. The van der Waals surface area contributed by atoms with Crippen LogP contribution in [0.1, 0.15) is 31.2 Å². The number of anilines is 1. The van der Waals surface area contributed by atoms with Gasteiger partial charge in [-0.25, -0.2) is 15.0 Å². The maximum atomic E-state index is 5.90. The molecule has 0 atom stereocenters. The lowest BCUT2D eigenvalue weighted by molar-refractivity contribution is 0.458. The number of benzene rings is 1. The molecule has 0 aliphatic carbocycles. The van der Waals surface area contributed by atoms with E-state index in [-0.39, 0.29) is 24.0 Å². The number of piperidine rings is 1. The molecule has 7 nitrogen and oxygen atoms in total. The van der Waals surface area contributed by atoms with E-state index in [0.29, 0.717) is 18.5 Å². The summed E-state index contributed by atoms with van der Waals surface area (Å²) in [5, 5.41) is 6.90. The van der Waals surface area contributed by atoms with Crippen LogP contribution < -0.4 is 15.5 Å². The number of nitrogens with one attached hydrogen (secondary N) is 2. The fraction of sp³-hybridized carbons (Fsp3) is 0.375. The molecule has 0 amide bonds. The Morgan fingerprint density at radius 2 is 1.91 bits per heavy atom. The number of aryl methyl sites for hydroxylation is 1. The minimum Gasteiger partial charge on any atom is -0.439 e. The molecule has 1 aromatic carbocycles. The van der Waals surface area contributed by atoms with Crippen LogP contribution in [0.25, 0.3) is 11.3 Å². The third-order valence-electron chi connectivity index (χ3n) is 5.42. The molecule has 170 valence electrons. The lowest BCUT2D eigenvalue weighted by atomic mass is 10.1. The Morgan fingerprint density at radius 1 is 1.12 bits per heavy atom. The third-order valence-corrected chi connectivity index (χ3v) is 5.42. The topological polar surface area (TPSA) is 78.6 Å². The highest BCUT2D eigenvalue weighted by molar-refractivity contribution is 14.0. The standard InChI is InChI=1S/C24H30N6O.HI/c1-3-25-24(29-20-11-14-30(15-12-20)22-6-4-5-13-26-22)28-17-23-27-16-21(31-23)19-9-7-18(2)8-10-19;/h4-10,13,16,20H,3,11-12,14-15,17H2,1-2H3,(H2,25,28,29);1H. The van der Waals surface area contributed by atoms with Crippen LogP contribution in [-0.2, 0) is 6.54 Å². The molecule has 3 heterocycles. The van der Waals surface area contributed by atoms with E-state index < -0.39 is 0 Å². The van der Waals surface area contributed by atoms with Gasteiger partial charge in [-0.05, 0) is 38.8 Å². The zero-order chi connectivity index (χ0) is 21.5. The quantitative estimate of drug-likeness (QED) is 0.272. The normalized spacial score (nSPS) is 14.7. The van der Waals surface area contributed by atoms with E-state index in [9.17, 15) is 0 Å². The van der Waals surface area contributed by atoms with Gasteiger partial charge < -0.3 is 20.0 Å². The van der Waals surface area contributed by atoms with E-state index in [1.165, 1.54) is 5.56 Å². The van der Waals surface area contributed by atoms with Gasteiger partial charge in [0.05, 0.1) is 6.20 Å². The molecule has 0 spiro atoms. The molecule has 0 saturated carbocycles. The van der Waals surface area contributed by atoms with Crippen molar-refractivity contribution in [3.05, 3.63) is 66.3 Å². The minimum absolute atomic E-state index is 0. The highest BCUT2D eigenvalue weighted by atomic mass is 127. The van der Waals surface area contributed by atoms with Crippen LogP contribution in [0.15, 0.2) is 64.3 Å². The first-order valence-corrected chi connectivity index (χ1v) is 10.9. The molecule has 1 saturated heterocycles. The molecule has 2 N–H and O–H groups in total. The Balaban J connectivity index is 0.00000289. The van der Waals surface area contributed by atoms with E-state index in [0.717, 1.165) is 55.6 Å². The fourth-order valence-electron chi connectivity index (χ4n) is 3.69. The van der Waals surface area contributed by atoms with Gasteiger partial charge in [-0.1, -0.05) is 35.9 Å². The summed E-state index contributed by atoms with van der Waals surface area (Å²) in [5.74, 6) is 3.23. The summed E-state index contributed by atoms with van der Waals surface area (Å²) in [6.45, 7) is 7.30. The SMILES string of the molecule is CCNC(=NCc1ncc(-c2ccc(C)cc2)o1)NC1CCN(c2ccccn2)CC1.I. The predicted molar refractivity (Wildman–Crippen MR) is 140 cm³/mol. The number of hydrogen-bond donors (Lipinski definition) is 2. The van der Waals surface area contributed by atoms with Crippen LogP contribution in [0, 0.1) is 6.92 Å². The van der Waals surface area contributed by atoms with Gasteiger partial charge in [0.2, 0.25) is 5.89 Å². The van der Waals surface area contributed by atoms with Crippen molar-refractivity contribution >= 4 is 35.8 Å². The summed E-state index contributed by atoms with van der Waals surface area (Å²) in [4.78, 5) is 15.9. The number of rotatable bonds is 6. The Hall–Kier alpha value is -2.62. The smallest absolute Gasteiger partial charge is 0.216 e. The third kappa shape index (κ3) is 6.44. The average molecular weight is 546 g/mol. The second-order valence-corrected chi connectivity index (χ2v) is 7.77. The summed E-state index contributed by atoms with van der Waals surface area (Å²) >= 11 is 0. The van der Waals surface area contributed by atoms with E-state index in [2.05, 4.69) is 62.5 Å².